The van der Waals surface area contributed by atoms with E-state index in [2.05, 4.69) is 10.5 Å². The number of hydrogen-bond donors (Lipinski definition) is 2. The van der Waals surface area contributed by atoms with Gasteiger partial charge in [-0.3, -0.25) is 13.9 Å². The van der Waals surface area contributed by atoms with E-state index in [9.17, 15) is 18.0 Å². The van der Waals surface area contributed by atoms with Gasteiger partial charge in [0.15, 0.2) is 6.61 Å². The second-order valence-electron chi connectivity index (χ2n) is 7.28. The predicted octanol–water partition coefficient (Wildman–Crippen LogP) is 2.56. The highest BCUT2D eigenvalue weighted by Crippen LogP contribution is 2.26. The van der Waals surface area contributed by atoms with E-state index in [0.29, 0.717) is 22.1 Å². The number of hydrogen-bond acceptors (Lipinski definition) is 7. The van der Waals surface area contributed by atoms with Crippen molar-refractivity contribution in [3.05, 3.63) is 83.4 Å². The van der Waals surface area contributed by atoms with Gasteiger partial charge in [0.05, 0.1) is 23.9 Å². The molecule has 0 aromatic heterocycles. The Labute approximate surface area is 213 Å². The Morgan fingerprint density at radius 1 is 1.00 bits per heavy atom. The van der Waals surface area contributed by atoms with Crippen LogP contribution in [0.5, 0.6) is 11.5 Å². The fourth-order valence-corrected chi connectivity index (χ4v) is 4.49. The van der Waals surface area contributed by atoms with Gasteiger partial charge in [-0.25, -0.2) is 13.8 Å². The number of sulfonamides is 1. The summed E-state index contributed by atoms with van der Waals surface area (Å²) in [5.41, 5.74) is 8.24. The molecule has 0 unspecified atom stereocenters. The van der Waals surface area contributed by atoms with Crippen molar-refractivity contribution in [3.63, 3.8) is 0 Å². The van der Waals surface area contributed by atoms with Gasteiger partial charge < -0.3 is 15.2 Å². The number of benzene rings is 3. The third-order valence-electron chi connectivity index (χ3n) is 4.71. The zero-order valence-electron chi connectivity index (χ0n) is 19.1. The van der Waals surface area contributed by atoms with Crippen LogP contribution in [0.15, 0.2) is 82.8 Å². The first-order valence-electron chi connectivity index (χ1n) is 10.4. The van der Waals surface area contributed by atoms with Crippen molar-refractivity contribution in [2.75, 3.05) is 24.6 Å². The molecule has 0 saturated heterocycles. The molecule has 3 aromatic carbocycles. The molecule has 188 valence electrons. The summed E-state index contributed by atoms with van der Waals surface area (Å²) in [6, 6.07) is 18.4. The summed E-state index contributed by atoms with van der Waals surface area (Å²) >= 11 is 5.95. The largest absolute Gasteiger partial charge is 0.497 e. The topological polar surface area (TPSA) is 140 Å². The highest BCUT2D eigenvalue weighted by molar-refractivity contribution is 7.92. The molecular weight excluding hydrogens is 508 g/mol. The third-order valence-corrected chi connectivity index (χ3v) is 6.75. The van der Waals surface area contributed by atoms with Gasteiger partial charge in [-0.15, -0.1) is 0 Å². The van der Waals surface area contributed by atoms with Crippen molar-refractivity contribution >= 4 is 45.3 Å². The van der Waals surface area contributed by atoms with Crippen LogP contribution < -0.4 is 24.9 Å². The Kier molecular flexibility index (Phi) is 8.87. The van der Waals surface area contributed by atoms with E-state index in [1.54, 1.807) is 24.3 Å². The van der Waals surface area contributed by atoms with Crippen LogP contribution in [0.4, 0.5) is 5.69 Å². The van der Waals surface area contributed by atoms with E-state index in [1.807, 2.05) is 0 Å². The van der Waals surface area contributed by atoms with Crippen molar-refractivity contribution in [1.82, 2.24) is 5.43 Å². The van der Waals surface area contributed by atoms with E-state index in [0.717, 1.165) is 4.31 Å². The molecule has 0 aliphatic heterocycles. The number of ether oxygens (including phenoxy) is 2. The summed E-state index contributed by atoms with van der Waals surface area (Å²) in [5.74, 6) is -0.325. The monoisotopic (exact) mass is 530 g/mol. The minimum absolute atomic E-state index is 0.0202. The van der Waals surface area contributed by atoms with E-state index in [1.165, 1.54) is 61.9 Å². The maximum Gasteiger partial charge on any atom is 0.264 e. The van der Waals surface area contributed by atoms with Crippen LogP contribution in [0.1, 0.15) is 5.56 Å². The number of halogens is 1. The Bertz CT molecular complexity index is 1330. The van der Waals surface area contributed by atoms with Crippen molar-refractivity contribution in [3.8, 4) is 11.5 Å². The van der Waals surface area contributed by atoms with Crippen molar-refractivity contribution in [1.29, 1.82) is 0 Å². The number of anilines is 1. The minimum atomic E-state index is -4.11. The molecule has 12 heteroatoms. The van der Waals surface area contributed by atoms with Gasteiger partial charge in [-0.1, -0.05) is 11.6 Å². The summed E-state index contributed by atoms with van der Waals surface area (Å²) in [4.78, 5) is 23.4. The Morgan fingerprint density at radius 2 is 1.61 bits per heavy atom. The lowest BCUT2D eigenvalue weighted by Gasteiger charge is -2.23. The van der Waals surface area contributed by atoms with Crippen LogP contribution in [0, 0.1) is 0 Å². The molecule has 0 spiro atoms. The van der Waals surface area contributed by atoms with Crippen LogP contribution in [0.25, 0.3) is 0 Å². The average molecular weight is 531 g/mol. The number of primary amides is 1. The fraction of sp³-hybridized carbons (Fsp3) is 0.125. The first-order valence-corrected chi connectivity index (χ1v) is 12.3. The molecular formula is C24H23ClN4O6S. The molecule has 0 atom stereocenters. The molecule has 0 bridgehead atoms. The average Bonchev–Trinajstić information content (AvgIpc) is 2.87. The molecule has 36 heavy (non-hydrogen) atoms. The fourth-order valence-electron chi connectivity index (χ4n) is 2.95. The lowest BCUT2D eigenvalue weighted by Crippen LogP contribution is -2.39. The van der Waals surface area contributed by atoms with E-state index in [4.69, 9.17) is 26.8 Å². The second kappa shape index (κ2) is 12.0. The van der Waals surface area contributed by atoms with E-state index >= 15 is 0 Å². The van der Waals surface area contributed by atoms with Gasteiger partial charge in [-0.2, -0.15) is 5.10 Å². The number of rotatable bonds is 11. The van der Waals surface area contributed by atoms with Crippen LogP contribution in [0.3, 0.4) is 0 Å². The Hall–Kier alpha value is -4.09. The summed E-state index contributed by atoms with van der Waals surface area (Å²) in [5, 5.41) is 4.30. The third kappa shape index (κ3) is 7.20. The molecule has 3 N–H and O–H groups in total. The van der Waals surface area contributed by atoms with Crippen LogP contribution in [-0.2, 0) is 19.6 Å². The van der Waals surface area contributed by atoms with Gasteiger partial charge in [-0.05, 0) is 78.4 Å². The van der Waals surface area contributed by atoms with Gasteiger partial charge in [0.1, 0.15) is 18.0 Å². The van der Waals surface area contributed by atoms with Crippen molar-refractivity contribution in [2.45, 2.75) is 4.90 Å². The van der Waals surface area contributed by atoms with E-state index < -0.39 is 28.4 Å². The second-order valence-corrected chi connectivity index (χ2v) is 9.58. The molecule has 10 nitrogen and oxygen atoms in total. The first kappa shape index (κ1) is 26.5. The maximum atomic E-state index is 13.4. The Balaban J connectivity index is 1.73. The number of methoxy groups -OCH3 is 1. The first-order chi connectivity index (χ1) is 17.2. The molecule has 0 fully saturated rings. The summed E-state index contributed by atoms with van der Waals surface area (Å²) < 4.78 is 38.0. The maximum absolute atomic E-state index is 13.4. The number of carbonyl (C=O) groups is 2. The molecule has 0 aliphatic carbocycles. The molecule has 0 radical (unpaired) electrons. The number of hydrazone groups is 1. The zero-order valence-corrected chi connectivity index (χ0v) is 20.7. The highest BCUT2D eigenvalue weighted by atomic mass is 35.5. The molecule has 3 aromatic rings. The van der Waals surface area contributed by atoms with Crippen LogP contribution in [0.2, 0.25) is 5.02 Å². The van der Waals surface area contributed by atoms with Crippen LogP contribution in [-0.4, -0.2) is 46.7 Å². The number of amides is 2. The lowest BCUT2D eigenvalue weighted by atomic mass is 10.2. The lowest BCUT2D eigenvalue weighted by molar-refractivity contribution is -0.120. The van der Waals surface area contributed by atoms with Gasteiger partial charge in [0.25, 0.3) is 21.8 Å². The SMILES string of the molecule is COc1ccc(S(=O)(=O)N(CC(=O)N/N=C/c2ccc(OCC(N)=O)cc2)c2ccc(Cl)cc2)cc1. The normalized spacial score (nSPS) is 11.2. The number of nitrogens with zero attached hydrogens (tertiary/aromatic N) is 2. The highest BCUT2D eigenvalue weighted by Gasteiger charge is 2.27. The minimum Gasteiger partial charge on any atom is -0.497 e. The molecule has 3 rings (SSSR count). The van der Waals surface area contributed by atoms with Gasteiger partial charge >= 0.3 is 0 Å². The smallest absolute Gasteiger partial charge is 0.264 e. The summed E-state index contributed by atoms with van der Waals surface area (Å²) in [7, 11) is -2.63. The van der Waals surface area contributed by atoms with Crippen LogP contribution >= 0.6 is 11.6 Å². The molecule has 0 aliphatic rings. The number of carbonyl (C=O) groups excluding carboxylic acids is 2. The number of nitrogens with one attached hydrogen (secondary N) is 1. The Morgan fingerprint density at radius 3 is 2.19 bits per heavy atom. The molecule has 0 heterocycles. The standard InChI is InChI=1S/C24H23ClN4O6S/c1-34-20-10-12-22(13-11-20)36(32,33)29(19-6-4-18(25)5-7-19)15-24(31)28-27-14-17-2-8-21(9-3-17)35-16-23(26)30/h2-14H,15-16H2,1H3,(H2,26,30)(H,28,31)/b27-14+. The molecule has 2 amide bonds. The van der Waals surface area contributed by atoms with Gasteiger partial charge in [0.2, 0.25) is 0 Å². The van der Waals surface area contributed by atoms with Crippen molar-refractivity contribution in [2.24, 2.45) is 10.8 Å². The zero-order chi connectivity index (χ0) is 26.1. The quantitative estimate of drug-likeness (QED) is 0.288. The summed E-state index contributed by atoms with van der Waals surface area (Å²) in [6.07, 6.45) is 1.38. The number of nitrogens with two attached hydrogens (primary N) is 1. The van der Waals surface area contributed by atoms with Gasteiger partial charge in [0, 0.05) is 5.02 Å². The van der Waals surface area contributed by atoms with E-state index in [-0.39, 0.29) is 17.2 Å². The molecule has 0 saturated carbocycles. The predicted molar refractivity (Wildman–Crippen MR) is 136 cm³/mol. The summed E-state index contributed by atoms with van der Waals surface area (Å²) in [6.45, 7) is -0.778. The van der Waals surface area contributed by atoms with Crippen molar-refractivity contribution < 1.29 is 27.5 Å².